The van der Waals surface area contributed by atoms with Gasteiger partial charge in [0.1, 0.15) is 6.29 Å². The Morgan fingerprint density at radius 1 is 1.25 bits per heavy atom. The van der Waals surface area contributed by atoms with Gasteiger partial charge in [0.2, 0.25) is 0 Å². The quantitative estimate of drug-likeness (QED) is 0.490. The molecule has 2 nitrogen and oxygen atoms in total. The number of carbonyl (C=O) groups excluding carboxylic acids is 1. The molecule has 0 aromatic rings. The van der Waals surface area contributed by atoms with E-state index in [0.29, 0.717) is 5.92 Å². The molecule has 0 bridgehead atoms. The Kier molecular flexibility index (Phi) is 6.71. The molecule has 1 aliphatic rings. The number of carbonyl (C=O) groups is 1. The van der Waals surface area contributed by atoms with Crippen LogP contribution in [-0.4, -0.2) is 17.0 Å². The maximum Gasteiger partial charge on any atom is 0.123 e. The predicted octanol–water partition coefficient (Wildman–Crippen LogP) is 4.74. The first-order valence-electron chi connectivity index (χ1n) is 8.51. The SMILES string of the molecule is CCCCC1(C)C(C=O)CCC1CCCCC(C)(C)O. The summed E-state index contributed by atoms with van der Waals surface area (Å²) in [7, 11) is 0. The second-order valence-corrected chi connectivity index (χ2v) is 7.68. The van der Waals surface area contributed by atoms with Gasteiger partial charge in [0, 0.05) is 5.92 Å². The fourth-order valence-corrected chi connectivity index (χ4v) is 3.94. The number of unbranched alkanes of at least 4 members (excludes halogenated alkanes) is 2. The Morgan fingerprint density at radius 2 is 1.95 bits per heavy atom. The van der Waals surface area contributed by atoms with Crippen molar-refractivity contribution in [1.29, 1.82) is 0 Å². The fraction of sp³-hybridized carbons (Fsp3) is 0.944. The number of aldehydes is 1. The van der Waals surface area contributed by atoms with Crippen LogP contribution >= 0.6 is 0 Å². The molecule has 0 aliphatic heterocycles. The van der Waals surface area contributed by atoms with Crippen LogP contribution in [0, 0.1) is 17.3 Å². The summed E-state index contributed by atoms with van der Waals surface area (Å²) in [5.74, 6) is 0.972. The minimum Gasteiger partial charge on any atom is -0.390 e. The lowest BCUT2D eigenvalue weighted by Gasteiger charge is -2.35. The van der Waals surface area contributed by atoms with Crippen molar-refractivity contribution in [2.24, 2.45) is 17.3 Å². The largest absolute Gasteiger partial charge is 0.390 e. The zero-order chi connectivity index (χ0) is 15.2. The second kappa shape index (κ2) is 7.59. The third-order valence-electron chi connectivity index (χ3n) is 5.43. The molecule has 118 valence electrons. The smallest absolute Gasteiger partial charge is 0.123 e. The minimum atomic E-state index is -0.535. The van der Waals surface area contributed by atoms with Gasteiger partial charge in [-0.15, -0.1) is 0 Å². The van der Waals surface area contributed by atoms with E-state index in [4.69, 9.17) is 0 Å². The van der Waals surface area contributed by atoms with Crippen LogP contribution in [0.2, 0.25) is 0 Å². The van der Waals surface area contributed by atoms with Crippen LogP contribution in [0.1, 0.15) is 85.5 Å². The lowest BCUT2D eigenvalue weighted by molar-refractivity contribution is -0.114. The summed E-state index contributed by atoms with van der Waals surface area (Å²) in [6, 6.07) is 0. The van der Waals surface area contributed by atoms with Crippen molar-refractivity contribution in [3.05, 3.63) is 0 Å². The molecule has 0 spiro atoms. The molecule has 3 unspecified atom stereocenters. The number of rotatable bonds is 9. The molecule has 0 aromatic carbocycles. The Bertz CT molecular complexity index is 292. The van der Waals surface area contributed by atoms with Gasteiger partial charge >= 0.3 is 0 Å². The molecule has 0 saturated heterocycles. The summed E-state index contributed by atoms with van der Waals surface area (Å²) in [6.07, 6.45) is 11.5. The summed E-state index contributed by atoms with van der Waals surface area (Å²) in [5, 5.41) is 9.76. The highest BCUT2D eigenvalue weighted by Crippen LogP contribution is 2.52. The molecule has 0 aromatic heterocycles. The van der Waals surface area contributed by atoms with Gasteiger partial charge in [-0.1, -0.05) is 39.5 Å². The van der Waals surface area contributed by atoms with Crippen LogP contribution in [0.4, 0.5) is 0 Å². The molecule has 2 heteroatoms. The van der Waals surface area contributed by atoms with Crippen molar-refractivity contribution >= 4 is 6.29 Å². The van der Waals surface area contributed by atoms with Crippen molar-refractivity contribution in [2.45, 2.75) is 91.1 Å². The topological polar surface area (TPSA) is 37.3 Å². The molecule has 20 heavy (non-hydrogen) atoms. The third kappa shape index (κ3) is 4.87. The number of hydrogen-bond acceptors (Lipinski definition) is 2. The molecule has 0 radical (unpaired) electrons. The fourth-order valence-electron chi connectivity index (χ4n) is 3.94. The highest BCUT2D eigenvalue weighted by atomic mass is 16.3. The van der Waals surface area contributed by atoms with Gasteiger partial charge in [0.25, 0.3) is 0 Å². The lowest BCUT2D eigenvalue weighted by Crippen LogP contribution is -2.30. The first-order chi connectivity index (χ1) is 9.33. The van der Waals surface area contributed by atoms with Crippen LogP contribution in [0.3, 0.4) is 0 Å². The van der Waals surface area contributed by atoms with Crippen molar-refractivity contribution in [3.63, 3.8) is 0 Å². The Hall–Kier alpha value is -0.370. The van der Waals surface area contributed by atoms with E-state index in [0.717, 1.165) is 19.3 Å². The molecular formula is C18H34O2. The van der Waals surface area contributed by atoms with Crippen LogP contribution < -0.4 is 0 Å². The van der Waals surface area contributed by atoms with E-state index in [1.54, 1.807) is 0 Å². The van der Waals surface area contributed by atoms with Crippen LogP contribution in [0.5, 0.6) is 0 Å². The number of hydrogen-bond donors (Lipinski definition) is 1. The summed E-state index contributed by atoms with van der Waals surface area (Å²) < 4.78 is 0. The molecule has 1 fully saturated rings. The molecule has 1 aliphatic carbocycles. The van der Waals surface area contributed by atoms with E-state index in [1.165, 1.54) is 44.8 Å². The summed E-state index contributed by atoms with van der Waals surface area (Å²) in [6.45, 7) is 8.34. The summed E-state index contributed by atoms with van der Waals surface area (Å²) in [5.41, 5.74) is -0.307. The molecular weight excluding hydrogens is 248 g/mol. The van der Waals surface area contributed by atoms with Crippen molar-refractivity contribution in [2.75, 3.05) is 0 Å². The molecule has 0 amide bonds. The Morgan fingerprint density at radius 3 is 2.50 bits per heavy atom. The van der Waals surface area contributed by atoms with E-state index in [1.807, 2.05) is 13.8 Å². The normalized spacial score (nSPS) is 30.6. The maximum atomic E-state index is 11.4. The Labute approximate surface area is 125 Å². The summed E-state index contributed by atoms with van der Waals surface area (Å²) >= 11 is 0. The lowest BCUT2D eigenvalue weighted by atomic mass is 9.69. The molecule has 1 N–H and O–H groups in total. The zero-order valence-electron chi connectivity index (χ0n) is 14.0. The van der Waals surface area contributed by atoms with E-state index in [-0.39, 0.29) is 11.3 Å². The average Bonchev–Trinajstić information content (AvgIpc) is 2.68. The second-order valence-electron chi connectivity index (χ2n) is 7.68. The van der Waals surface area contributed by atoms with Gasteiger partial charge in [-0.3, -0.25) is 0 Å². The molecule has 1 rings (SSSR count). The van der Waals surface area contributed by atoms with Gasteiger partial charge in [0.05, 0.1) is 5.60 Å². The molecule has 0 heterocycles. The van der Waals surface area contributed by atoms with Crippen LogP contribution in [0.15, 0.2) is 0 Å². The van der Waals surface area contributed by atoms with Crippen LogP contribution in [0.25, 0.3) is 0 Å². The van der Waals surface area contributed by atoms with Gasteiger partial charge in [-0.05, 0) is 57.3 Å². The van der Waals surface area contributed by atoms with Crippen molar-refractivity contribution < 1.29 is 9.90 Å². The van der Waals surface area contributed by atoms with E-state index < -0.39 is 5.60 Å². The Balaban J connectivity index is 2.48. The van der Waals surface area contributed by atoms with Gasteiger partial charge in [0.15, 0.2) is 0 Å². The monoisotopic (exact) mass is 282 g/mol. The van der Waals surface area contributed by atoms with Gasteiger partial charge < -0.3 is 9.90 Å². The van der Waals surface area contributed by atoms with Crippen LogP contribution in [-0.2, 0) is 4.79 Å². The molecule has 1 saturated carbocycles. The highest BCUT2D eigenvalue weighted by molar-refractivity contribution is 5.56. The highest BCUT2D eigenvalue weighted by Gasteiger charge is 2.45. The summed E-state index contributed by atoms with van der Waals surface area (Å²) in [4.78, 5) is 11.4. The molecule has 3 atom stereocenters. The van der Waals surface area contributed by atoms with E-state index in [2.05, 4.69) is 13.8 Å². The first-order valence-corrected chi connectivity index (χ1v) is 8.51. The van der Waals surface area contributed by atoms with E-state index >= 15 is 0 Å². The minimum absolute atomic E-state index is 0.229. The van der Waals surface area contributed by atoms with Gasteiger partial charge in [-0.2, -0.15) is 0 Å². The third-order valence-corrected chi connectivity index (χ3v) is 5.43. The average molecular weight is 282 g/mol. The standard InChI is InChI=1S/C18H34O2/c1-5-6-13-18(4)15(10-11-16(18)14-19)9-7-8-12-17(2,3)20/h14-16,20H,5-13H2,1-4H3. The maximum absolute atomic E-state index is 11.4. The van der Waals surface area contributed by atoms with Crippen molar-refractivity contribution in [1.82, 2.24) is 0 Å². The van der Waals surface area contributed by atoms with Gasteiger partial charge in [-0.25, -0.2) is 0 Å². The van der Waals surface area contributed by atoms with Crippen molar-refractivity contribution in [3.8, 4) is 0 Å². The predicted molar refractivity (Wildman–Crippen MR) is 84.7 cm³/mol. The zero-order valence-corrected chi connectivity index (χ0v) is 14.0. The van der Waals surface area contributed by atoms with E-state index in [9.17, 15) is 9.90 Å². The number of aliphatic hydroxyl groups is 1. The first kappa shape index (κ1) is 17.7.